The molecule has 1 N–H and O–H groups in total. The predicted octanol–water partition coefficient (Wildman–Crippen LogP) is 3.21. The van der Waals surface area contributed by atoms with E-state index in [4.69, 9.17) is 4.74 Å². The van der Waals surface area contributed by atoms with Crippen molar-refractivity contribution in [2.45, 2.75) is 24.2 Å². The van der Waals surface area contributed by atoms with Gasteiger partial charge in [-0.05, 0) is 54.8 Å². The number of sulfonamides is 1. The van der Waals surface area contributed by atoms with Gasteiger partial charge in [0.25, 0.3) is 0 Å². The van der Waals surface area contributed by atoms with Crippen LogP contribution in [-0.4, -0.2) is 43.3 Å². The van der Waals surface area contributed by atoms with E-state index in [2.05, 4.69) is 10.3 Å². The summed E-state index contributed by atoms with van der Waals surface area (Å²) in [7, 11) is -3.58. The van der Waals surface area contributed by atoms with Gasteiger partial charge in [0.1, 0.15) is 5.75 Å². The van der Waals surface area contributed by atoms with Crippen LogP contribution in [0.25, 0.3) is 10.9 Å². The number of carbonyl (C=O) groups is 1. The average molecular weight is 438 g/mol. The van der Waals surface area contributed by atoms with Crippen molar-refractivity contribution in [2.24, 2.45) is 5.92 Å². The molecule has 0 bridgehead atoms. The maximum absolute atomic E-state index is 13.1. The zero-order valence-corrected chi connectivity index (χ0v) is 17.8. The third kappa shape index (κ3) is 3.88. The lowest BCUT2D eigenvalue weighted by atomic mass is 9.97. The molecule has 0 spiro atoms. The van der Waals surface area contributed by atoms with E-state index in [1.807, 2.05) is 30.3 Å². The number of amides is 1. The van der Waals surface area contributed by atoms with E-state index < -0.39 is 10.0 Å². The van der Waals surface area contributed by atoms with Gasteiger partial charge in [-0.15, -0.1) is 0 Å². The standard InChI is InChI=1S/C23H23N3O4S/c27-23(25-19-4-3-16-2-1-10-24-21(16)15-19)17-7-11-26(12-8-17)31(28,29)20-5-6-22-18(14-20)9-13-30-22/h1-6,10,14-15,17H,7-9,11-13H2,(H,25,27). The Morgan fingerprint density at radius 1 is 1.10 bits per heavy atom. The zero-order valence-electron chi connectivity index (χ0n) is 17.0. The minimum absolute atomic E-state index is 0.0815. The molecule has 0 atom stereocenters. The molecule has 31 heavy (non-hydrogen) atoms. The quantitative estimate of drug-likeness (QED) is 0.677. The van der Waals surface area contributed by atoms with Gasteiger partial charge >= 0.3 is 0 Å². The molecule has 1 fully saturated rings. The number of carbonyl (C=O) groups excluding carboxylic acids is 1. The maximum Gasteiger partial charge on any atom is 0.243 e. The topological polar surface area (TPSA) is 88.6 Å². The highest BCUT2D eigenvalue weighted by atomic mass is 32.2. The van der Waals surface area contributed by atoms with E-state index in [0.29, 0.717) is 43.1 Å². The van der Waals surface area contributed by atoms with Crippen molar-refractivity contribution in [3.8, 4) is 5.75 Å². The monoisotopic (exact) mass is 437 g/mol. The van der Waals surface area contributed by atoms with E-state index in [0.717, 1.165) is 28.6 Å². The first-order chi connectivity index (χ1) is 15.0. The van der Waals surface area contributed by atoms with Crippen LogP contribution >= 0.6 is 0 Å². The summed E-state index contributed by atoms with van der Waals surface area (Å²) in [5, 5.41) is 3.97. The number of rotatable bonds is 4. The van der Waals surface area contributed by atoms with Crippen LogP contribution in [0.1, 0.15) is 18.4 Å². The molecule has 1 aromatic heterocycles. The molecular weight excluding hydrogens is 414 g/mol. The van der Waals surface area contributed by atoms with Gasteiger partial charge in [0.2, 0.25) is 15.9 Å². The summed E-state index contributed by atoms with van der Waals surface area (Å²) < 4.78 is 33.1. The number of fused-ring (bicyclic) bond motifs is 2. The Bertz CT molecular complexity index is 1250. The molecule has 0 unspecified atom stereocenters. The van der Waals surface area contributed by atoms with Crippen LogP contribution in [0.5, 0.6) is 5.75 Å². The molecule has 3 aromatic rings. The summed E-state index contributed by atoms with van der Waals surface area (Å²) in [6.07, 6.45) is 3.43. The van der Waals surface area contributed by atoms with Crippen LogP contribution in [0, 0.1) is 5.92 Å². The lowest BCUT2D eigenvalue weighted by Crippen LogP contribution is -2.41. The first-order valence-corrected chi connectivity index (χ1v) is 11.9. The highest BCUT2D eigenvalue weighted by Gasteiger charge is 2.32. The van der Waals surface area contributed by atoms with Crippen molar-refractivity contribution in [1.29, 1.82) is 0 Å². The number of ether oxygens (including phenoxy) is 1. The molecule has 2 aliphatic rings. The molecule has 3 heterocycles. The molecule has 160 valence electrons. The second kappa shape index (κ2) is 7.94. The molecular formula is C23H23N3O4S. The summed E-state index contributed by atoms with van der Waals surface area (Å²) in [5.41, 5.74) is 2.45. The zero-order chi connectivity index (χ0) is 21.4. The number of piperidine rings is 1. The second-order valence-corrected chi connectivity index (χ2v) is 9.88. The SMILES string of the molecule is O=C(Nc1ccc2cccnc2c1)C1CCN(S(=O)(=O)c2ccc3c(c2)CCO3)CC1. The third-order valence-electron chi connectivity index (χ3n) is 6.00. The van der Waals surface area contributed by atoms with Crippen molar-refractivity contribution in [2.75, 3.05) is 25.0 Å². The number of hydrogen-bond acceptors (Lipinski definition) is 5. The third-order valence-corrected chi connectivity index (χ3v) is 7.89. The van der Waals surface area contributed by atoms with Gasteiger partial charge in [0.15, 0.2) is 0 Å². The fourth-order valence-corrected chi connectivity index (χ4v) is 5.74. The van der Waals surface area contributed by atoms with Gasteiger partial charge in [-0.3, -0.25) is 9.78 Å². The van der Waals surface area contributed by atoms with E-state index in [1.54, 1.807) is 24.4 Å². The van der Waals surface area contributed by atoms with E-state index in [-0.39, 0.29) is 11.8 Å². The number of anilines is 1. The van der Waals surface area contributed by atoms with Crippen molar-refractivity contribution in [3.63, 3.8) is 0 Å². The lowest BCUT2D eigenvalue weighted by molar-refractivity contribution is -0.120. The predicted molar refractivity (Wildman–Crippen MR) is 117 cm³/mol. The number of benzene rings is 2. The minimum atomic E-state index is -3.58. The molecule has 2 aliphatic heterocycles. The molecule has 0 saturated carbocycles. The summed E-state index contributed by atoms with van der Waals surface area (Å²) in [6.45, 7) is 1.24. The van der Waals surface area contributed by atoms with Crippen LogP contribution in [-0.2, 0) is 21.2 Å². The fourth-order valence-electron chi connectivity index (χ4n) is 4.22. The highest BCUT2D eigenvalue weighted by molar-refractivity contribution is 7.89. The van der Waals surface area contributed by atoms with Gasteiger partial charge in [-0.25, -0.2) is 8.42 Å². The van der Waals surface area contributed by atoms with Gasteiger partial charge in [0.05, 0.1) is 17.0 Å². The van der Waals surface area contributed by atoms with Gasteiger partial charge in [-0.1, -0.05) is 12.1 Å². The summed E-state index contributed by atoms with van der Waals surface area (Å²) in [6, 6.07) is 14.5. The average Bonchev–Trinajstić information content (AvgIpc) is 3.27. The van der Waals surface area contributed by atoms with Gasteiger partial charge in [0, 0.05) is 42.7 Å². The Morgan fingerprint density at radius 2 is 1.94 bits per heavy atom. The van der Waals surface area contributed by atoms with E-state index in [9.17, 15) is 13.2 Å². The summed E-state index contributed by atoms with van der Waals surface area (Å²) >= 11 is 0. The molecule has 7 nitrogen and oxygen atoms in total. The number of pyridine rings is 1. The number of hydrogen-bond donors (Lipinski definition) is 1. The van der Waals surface area contributed by atoms with Gasteiger partial charge < -0.3 is 10.1 Å². The van der Waals surface area contributed by atoms with Crippen molar-refractivity contribution in [1.82, 2.24) is 9.29 Å². The van der Waals surface area contributed by atoms with Crippen molar-refractivity contribution in [3.05, 3.63) is 60.3 Å². The van der Waals surface area contributed by atoms with Gasteiger partial charge in [-0.2, -0.15) is 4.31 Å². The number of nitrogens with zero attached hydrogens (tertiary/aromatic N) is 2. The van der Waals surface area contributed by atoms with Crippen molar-refractivity contribution < 1.29 is 17.9 Å². The molecule has 8 heteroatoms. The smallest absolute Gasteiger partial charge is 0.243 e. The Kier molecular flexibility index (Phi) is 5.11. The highest BCUT2D eigenvalue weighted by Crippen LogP contribution is 2.30. The molecule has 0 aliphatic carbocycles. The first kappa shape index (κ1) is 20.0. The number of aromatic nitrogens is 1. The minimum Gasteiger partial charge on any atom is -0.493 e. The van der Waals surface area contributed by atoms with E-state index >= 15 is 0 Å². The normalized spacial score (nSPS) is 17.3. The van der Waals surface area contributed by atoms with Crippen LogP contribution < -0.4 is 10.1 Å². The largest absolute Gasteiger partial charge is 0.493 e. The van der Waals surface area contributed by atoms with Crippen LogP contribution in [0.2, 0.25) is 0 Å². The molecule has 5 rings (SSSR count). The fraction of sp³-hybridized carbons (Fsp3) is 0.304. The maximum atomic E-state index is 13.1. The lowest BCUT2D eigenvalue weighted by Gasteiger charge is -2.30. The van der Waals surface area contributed by atoms with Crippen LogP contribution in [0.3, 0.4) is 0 Å². The first-order valence-electron chi connectivity index (χ1n) is 10.4. The van der Waals surface area contributed by atoms with Crippen molar-refractivity contribution >= 4 is 32.5 Å². The van der Waals surface area contributed by atoms with Crippen LogP contribution in [0.15, 0.2) is 59.6 Å². The Morgan fingerprint density at radius 3 is 2.77 bits per heavy atom. The van der Waals surface area contributed by atoms with E-state index in [1.165, 1.54) is 4.31 Å². The molecule has 1 amide bonds. The summed E-state index contributed by atoms with van der Waals surface area (Å²) in [4.78, 5) is 17.4. The Balaban J connectivity index is 1.23. The Labute approximate surface area is 181 Å². The summed E-state index contributed by atoms with van der Waals surface area (Å²) in [5.74, 6) is 0.458. The number of nitrogens with one attached hydrogen (secondary N) is 1. The second-order valence-electron chi connectivity index (χ2n) is 7.95. The molecule has 2 aromatic carbocycles. The molecule has 1 saturated heterocycles. The molecule has 0 radical (unpaired) electrons. The van der Waals surface area contributed by atoms with Crippen LogP contribution in [0.4, 0.5) is 5.69 Å². The Hall–Kier alpha value is -2.97.